The number of aryl methyl sites for hydroxylation is 1. The standard InChI is InChI=1S/C21H22F2N2O5S/c1-10-12(3)31-19(25-18(27)13-8-9-13)16(10)20(28)29-11(2)17(26)24-14-6-4-5-7-15(14)30-21(22)23/h4-7,11,13,21H,8-9H2,1-3H3,(H,24,26)(H,25,27). The summed E-state index contributed by atoms with van der Waals surface area (Å²) in [6.07, 6.45) is 0.421. The highest BCUT2D eigenvalue weighted by Crippen LogP contribution is 2.36. The van der Waals surface area contributed by atoms with Gasteiger partial charge in [-0.1, -0.05) is 12.1 Å². The molecule has 1 aromatic heterocycles. The zero-order valence-electron chi connectivity index (χ0n) is 17.2. The number of anilines is 2. The number of benzene rings is 1. The van der Waals surface area contributed by atoms with Gasteiger partial charge < -0.3 is 20.1 Å². The lowest BCUT2D eigenvalue weighted by Crippen LogP contribution is -2.30. The molecule has 10 heteroatoms. The zero-order valence-corrected chi connectivity index (χ0v) is 18.0. The summed E-state index contributed by atoms with van der Waals surface area (Å²) in [4.78, 5) is 38.2. The molecule has 1 fully saturated rings. The van der Waals surface area contributed by atoms with Crippen LogP contribution in [0.15, 0.2) is 24.3 Å². The Morgan fingerprint density at radius 1 is 1.13 bits per heavy atom. The van der Waals surface area contributed by atoms with Crippen molar-refractivity contribution in [3.8, 4) is 5.75 Å². The molecule has 1 aromatic carbocycles. The smallest absolute Gasteiger partial charge is 0.387 e. The van der Waals surface area contributed by atoms with Gasteiger partial charge in [-0.05, 0) is 51.3 Å². The first-order valence-corrected chi connectivity index (χ1v) is 10.5. The minimum atomic E-state index is -3.05. The second-order valence-corrected chi connectivity index (χ2v) is 8.39. The second kappa shape index (κ2) is 9.42. The third kappa shape index (κ3) is 5.57. The molecule has 1 saturated carbocycles. The molecule has 7 nitrogen and oxygen atoms in total. The van der Waals surface area contributed by atoms with Crippen molar-refractivity contribution in [1.29, 1.82) is 0 Å². The molecule has 0 radical (unpaired) electrons. The van der Waals surface area contributed by atoms with E-state index in [1.807, 2.05) is 6.92 Å². The van der Waals surface area contributed by atoms with Crippen molar-refractivity contribution in [3.05, 3.63) is 40.3 Å². The van der Waals surface area contributed by atoms with Crippen LogP contribution in [0.1, 0.15) is 40.6 Å². The van der Waals surface area contributed by atoms with Crippen LogP contribution >= 0.6 is 11.3 Å². The number of carbonyl (C=O) groups excluding carboxylic acids is 3. The molecule has 1 heterocycles. The second-order valence-electron chi connectivity index (χ2n) is 7.16. The lowest BCUT2D eigenvalue weighted by atomic mass is 10.1. The van der Waals surface area contributed by atoms with Crippen molar-refractivity contribution in [2.45, 2.75) is 46.3 Å². The van der Waals surface area contributed by atoms with Crippen LogP contribution in [0.5, 0.6) is 5.75 Å². The summed E-state index contributed by atoms with van der Waals surface area (Å²) in [5.41, 5.74) is 0.887. The van der Waals surface area contributed by atoms with Crippen LogP contribution in [0.2, 0.25) is 0 Å². The van der Waals surface area contributed by atoms with Crippen LogP contribution in [-0.4, -0.2) is 30.5 Å². The van der Waals surface area contributed by atoms with Crippen molar-refractivity contribution < 1.29 is 32.6 Å². The van der Waals surface area contributed by atoms with E-state index in [9.17, 15) is 23.2 Å². The summed E-state index contributed by atoms with van der Waals surface area (Å²) < 4.78 is 34.8. The monoisotopic (exact) mass is 452 g/mol. The molecule has 0 bridgehead atoms. The molecule has 1 unspecified atom stereocenters. The largest absolute Gasteiger partial charge is 0.449 e. The van der Waals surface area contributed by atoms with Gasteiger partial charge in [0.2, 0.25) is 5.91 Å². The fourth-order valence-corrected chi connectivity index (χ4v) is 3.85. The third-order valence-electron chi connectivity index (χ3n) is 4.79. The number of amides is 2. The van der Waals surface area contributed by atoms with Crippen LogP contribution in [0.25, 0.3) is 0 Å². The minimum Gasteiger partial charge on any atom is -0.449 e. The number of carbonyl (C=O) groups is 3. The molecule has 0 spiro atoms. The minimum absolute atomic E-state index is 0.0237. The Morgan fingerprint density at radius 3 is 2.45 bits per heavy atom. The average molecular weight is 452 g/mol. The highest BCUT2D eigenvalue weighted by molar-refractivity contribution is 7.16. The Morgan fingerprint density at radius 2 is 1.81 bits per heavy atom. The van der Waals surface area contributed by atoms with E-state index in [1.54, 1.807) is 6.92 Å². The lowest BCUT2D eigenvalue weighted by molar-refractivity contribution is -0.124. The molecule has 3 rings (SSSR count). The summed E-state index contributed by atoms with van der Waals surface area (Å²) in [7, 11) is 0. The molecule has 2 aromatic rings. The van der Waals surface area contributed by atoms with Gasteiger partial charge in [-0.2, -0.15) is 8.78 Å². The van der Waals surface area contributed by atoms with Crippen LogP contribution in [0, 0.1) is 19.8 Å². The first kappa shape index (κ1) is 22.7. The number of hydrogen-bond acceptors (Lipinski definition) is 6. The topological polar surface area (TPSA) is 93.7 Å². The van der Waals surface area contributed by atoms with E-state index in [1.165, 1.54) is 42.5 Å². The molecule has 1 aliphatic rings. The van der Waals surface area contributed by atoms with E-state index in [0.717, 1.165) is 17.7 Å². The Balaban J connectivity index is 1.69. The summed E-state index contributed by atoms with van der Waals surface area (Å²) in [5.74, 6) is -1.86. The van der Waals surface area contributed by atoms with E-state index in [2.05, 4.69) is 15.4 Å². The summed E-state index contributed by atoms with van der Waals surface area (Å²) in [5, 5.41) is 5.58. The van der Waals surface area contributed by atoms with E-state index >= 15 is 0 Å². The highest BCUT2D eigenvalue weighted by Gasteiger charge is 2.32. The number of esters is 1. The van der Waals surface area contributed by atoms with E-state index in [-0.39, 0.29) is 28.8 Å². The maximum absolute atomic E-state index is 12.8. The zero-order chi connectivity index (χ0) is 22.7. The number of rotatable bonds is 8. The van der Waals surface area contributed by atoms with Crippen LogP contribution < -0.4 is 15.4 Å². The lowest BCUT2D eigenvalue weighted by Gasteiger charge is -2.16. The van der Waals surface area contributed by atoms with Crippen molar-refractivity contribution in [2.24, 2.45) is 5.92 Å². The quantitative estimate of drug-likeness (QED) is 0.576. The predicted octanol–water partition coefficient (Wildman–Crippen LogP) is 4.50. The molecule has 2 N–H and O–H groups in total. The van der Waals surface area contributed by atoms with Crippen LogP contribution in [0.4, 0.5) is 19.5 Å². The van der Waals surface area contributed by atoms with Gasteiger partial charge in [0.15, 0.2) is 6.10 Å². The first-order chi connectivity index (χ1) is 14.7. The Bertz CT molecular complexity index is 1000. The number of para-hydroxylation sites is 2. The number of halogens is 2. The summed E-state index contributed by atoms with van der Waals surface area (Å²) in [6.45, 7) is 1.86. The Kier molecular flexibility index (Phi) is 6.89. The molecule has 166 valence electrons. The van der Waals surface area contributed by atoms with E-state index in [4.69, 9.17) is 4.74 Å². The Labute approximate surface area is 181 Å². The average Bonchev–Trinajstić information content (AvgIpc) is 3.50. The van der Waals surface area contributed by atoms with Crippen molar-refractivity contribution in [3.63, 3.8) is 0 Å². The van der Waals surface area contributed by atoms with Crippen molar-refractivity contribution >= 4 is 39.8 Å². The summed E-state index contributed by atoms with van der Waals surface area (Å²) >= 11 is 1.27. The molecule has 31 heavy (non-hydrogen) atoms. The molecule has 2 amide bonds. The fourth-order valence-electron chi connectivity index (χ4n) is 2.80. The molecular formula is C21H22F2N2O5S. The van der Waals surface area contributed by atoms with Gasteiger partial charge in [-0.15, -0.1) is 11.3 Å². The summed E-state index contributed by atoms with van der Waals surface area (Å²) in [6, 6.07) is 5.69. The molecule has 1 aliphatic carbocycles. The van der Waals surface area contributed by atoms with Gasteiger partial charge in [0.25, 0.3) is 5.91 Å². The normalized spacial score (nSPS) is 14.1. The SMILES string of the molecule is Cc1sc(NC(=O)C2CC2)c(C(=O)OC(C)C(=O)Nc2ccccc2OC(F)F)c1C. The van der Waals surface area contributed by atoms with E-state index in [0.29, 0.717) is 10.6 Å². The third-order valence-corrected chi connectivity index (χ3v) is 5.91. The fraction of sp³-hybridized carbons (Fsp3) is 0.381. The maximum Gasteiger partial charge on any atom is 0.387 e. The highest BCUT2D eigenvalue weighted by atomic mass is 32.1. The van der Waals surface area contributed by atoms with E-state index < -0.39 is 24.6 Å². The molecule has 0 aliphatic heterocycles. The first-order valence-electron chi connectivity index (χ1n) is 9.64. The van der Waals surface area contributed by atoms with Gasteiger partial charge in [0.1, 0.15) is 10.8 Å². The predicted molar refractivity (Wildman–Crippen MR) is 112 cm³/mol. The number of ether oxygens (including phenoxy) is 2. The Hall–Kier alpha value is -3.01. The number of hydrogen-bond donors (Lipinski definition) is 2. The molecule has 1 atom stereocenters. The van der Waals surface area contributed by atoms with Gasteiger partial charge >= 0.3 is 12.6 Å². The van der Waals surface area contributed by atoms with Gasteiger partial charge in [-0.25, -0.2) is 4.79 Å². The van der Waals surface area contributed by atoms with Gasteiger partial charge in [0, 0.05) is 10.8 Å². The van der Waals surface area contributed by atoms with Crippen molar-refractivity contribution in [2.75, 3.05) is 10.6 Å². The van der Waals surface area contributed by atoms with Crippen molar-refractivity contribution in [1.82, 2.24) is 0 Å². The van der Waals surface area contributed by atoms with Gasteiger partial charge in [-0.3, -0.25) is 9.59 Å². The van der Waals surface area contributed by atoms with Crippen LogP contribution in [0.3, 0.4) is 0 Å². The number of thiophene rings is 1. The van der Waals surface area contributed by atoms with Gasteiger partial charge in [0.05, 0.1) is 11.3 Å². The molecular weight excluding hydrogens is 430 g/mol. The molecule has 0 saturated heterocycles. The number of nitrogens with one attached hydrogen (secondary N) is 2. The number of alkyl halides is 2. The van der Waals surface area contributed by atoms with Crippen LogP contribution in [-0.2, 0) is 14.3 Å². The maximum atomic E-state index is 12.8.